The van der Waals surface area contributed by atoms with Crippen LogP contribution in [0, 0.1) is 5.92 Å². The summed E-state index contributed by atoms with van der Waals surface area (Å²) in [6.07, 6.45) is -0.0356. The Morgan fingerprint density at radius 3 is 2.62 bits per heavy atom. The molecule has 2 rings (SSSR count). The highest BCUT2D eigenvalue weighted by molar-refractivity contribution is 5.81. The molecule has 2 atom stereocenters. The number of halogens is 3. The third-order valence-corrected chi connectivity index (χ3v) is 4.22. The van der Waals surface area contributed by atoms with Gasteiger partial charge in [0.25, 0.3) is 0 Å². The van der Waals surface area contributed by atoms with Crippen LogP contribution < -0.4 is 10.6 Å². The number of piperidine rings is 1. The van der Waals surface area contributed by atoms with Crippen molar-refractivity contribution in [3.63, 3.8) is 0 Å². The molecule has 0 aromatic carbocycles. The van der Waals surface area contributed by atoms with Crippen molar-refractivity contribution in [2.75, 3.05) is 26.2 Å². The fraction of sp³-hybridized carbons (Fsp3) is 0.929. The molecule has 0 bridgehead atoms. The summed E-state index contributed by atoms with van der Waals surface area (Å²) in [6.45, 7) is 3.21. The highest BCUT2D eigenvalue weighted by atomic mass is 19.4. The lowest BCUT2D eigenvalue weighted by molar-refractivity contribution is -0.141. The monoisotopic (exact) mass is 307 g/mol. The number of hydrogen-bond acceptors (Lipinski definition) is 3. The lowest BCUT2D eigenvalue weighted by atomic mass is 9.98. The van der Waals surface area contributed by atoms with E-state index in [-0.39, 0.29) is 0 Å². The van der Waals surface area contributed by atoms with Crippen LogP contribution in [0.3, 0.4) is 0 Å². The normalized spacial score (nSPS) is 24.9. The van der Waals surface area contributed by atoms with Gasteiger partial charge in [-0.3, -0.25) is 9.69 Å². The highest BCUT2D eigenvalue weighted by Crippen LogP contribution is 2.30. The van der Waals surface area contributed by atoms with Gasteiger partial charge < -0.3 is 10.6 Å². The number of carbonyl (C=O) groups is 1. The standard InChI is InChI=1S/C14H24F3N3O/c1-10(13(21)19-9-14(15,16)17)20(12-4-5-12)8-11-3-2-6-18-7-11/h10-12,18H,2-9H2,1H3,(H,19,21). The summed E-state index contributed by atoms with van der Waals surface area (Å²) in [7, 11) is 0. The van der Waals surface area contributed by atoms with E-state index in [1.54, 1.807) is 6.92 Å². The molecular formula is C14H24F3N3O. The van der Waals surface area contributed by atoms with Crippen LogP contribution in [0.1, 0.15) is 32.6 Å². The van der Waals surface area contributed by atoms with Crippen molar-refractivity contribution in [2.45, 2.75) is 50.9 Å². The van der Waals surface area contributed by atoms with E-state index in [0.29, 0.717) is 12.0 Å². The van der Waals surface area contributed by atoms with E-state index >= 15 is 0 Å². The molecule has 0 aromatic heterocycles. The molecular weight excluding hydrogens is 283 g/mol. The smallest absolute Gasteiger partial charge is 0.346 e. The quantitative estimate of drug-likeness (QED) is 0.782. The molecule has 1 saturated heterocycles. The van der Waals surface area contributed by atoms with Crippen LogP contribution in [0.25, 0.3) is 0 Å². The van der Waals surface area contributed by atoms with Crippen LogP contribution in [0.5, 0.6) is 0 Å². The maximum atomic E-state index is 12.2. The minimum absolute atomic E-state index is 0.360. The first-order valence-corrected chi connectivity index (χ1v) is 7.68. The van der Waals surface area contributed by atoms with E-state index in [2.05, 4.69) is 10.2 Å². The van der Waals surface area contributed by atoms with Crippen LogP contribution in [-0.2, 0) is 4.79 Å². The summed E-state index contributed by atoms with van der Waals surface area (Å²) in [4.78, 5) is 14.0. The minimum atomic E-state index is -4.35. The lowest BCUT2D eigenvalue weighted by Crippen LogP contribution is -2.50. The summed E-state index contributed by atoms with van der Waals surface area (Å²) < 4.78 is 36.6. The van der Waals surface area contributed by atoms with Crippen LogP contribution in [-0.4, -0.2) is 55.2 Å². The van der Waals surface area contributed by atoms with Crippen molar-refractivity contribution in [1.82, 2.24) is 15.5 Å². The Hall–Kier alpha value is -0.820. The van der Waals surface area contributed by atoms with Crippen molar-refractivity contribution < 1.29 is 18.0 Å². The van der Waals surface area contributed by atoms with Crippen molar-refractivity contribution in [3.8, 4) is 0 Å². The molecule has 122 valence electrons. The average Bonchev–Trinajstić information content (AvgIpc) is 3.26. The largest absolute Gasteiger partial charge is 0.405 e. The van der Waals surface area contributed by atoms with E-state index in [1.165, 1.54) is 0 Å². The van der Waals surface area contributed by atoms with Gasteiger partial charge in [0.15, 0.2) is 0 Å². The lowest BCUT2D eigenvalue weighted by Gasteiger charge is -2.33. The summed E-state index contributed by atoms with van der Waals surface area (Å²) in [6, 6.07) is -0.139. The van der Waals surface area contributed by atoms with Gasteiger partial charge in [-0.1, -0.05) is 0 Å². The predicted molar refractivity (Wildman–Crippen MR) is 73.8 cm³/mol. The van der Waals surface area contributed by atoms with Crippen molar-refractivity contribution in [3.05, 3.63) is 0 Å². The van der Waals surface area contributed by atoms with E-state index in [0.717, 1.165) is 45.3 Å². The zero-order valence-corrected chi connectivity index (χ0v) is 12.4. The molecule has 2 unspecified atom stereocenters. The molecule has 21 heavy (non-hydrogen) atoms. The maximum Gasteiger partial charge on any atom is 0.405 e. The fourth-order valence-electron chi connectivity index (χ4n) is 2.89. The van der Waals surface area contributed by atoms with E-state index in [1.807, 2.05) is 5.32 Å². The van der Waals surface area contributed by atoms with E-state index in [4.69, 9.17) is 0 Å². The van der Waals surface area contributed by atoms with Gasteiger partial charge in [-0.2, -0.15) is 13.2 Å². The Morgan fingerprint density at radius 1 is 1.38 bits per heavy atom. The Kier molecular flexibility index (Phi) is 5.48. The highest BCUT2D eigenvalue weighted by Gasteiger charge is 2.37. The first-order valence-electron chi connectivity index (χ1n) is 7.68. The van der Waals surface area contributed by atoms with Crippen molar-refractivity contribution in [2.24, 2.45) is 5.92 Å². The number of alkyl halides is 3. The molecule has 1 amide bonds. The van der Waals surface area contributed by atoms with Crippen LogP contribution >= 0.6 is 0 Å². The number of nitrogens with zero attached hydrogens (tertiary/aromatic N) is 1. The molecule has 2 fully saturated rings. The molecule has 1 heterocycles. The van der Waals surface area contributed by atoms with Gasteiger partial charge in [0.1, 0.15) is 6.54 Å². The van der Waals surface area contributed by atoms with Crippen molar-refractivity contribution in [1.29, 1.82) is 0 Å². The van der Waals surface area contributed by atoms with Gasteiger partial charge in [-0.05, 0) is 51.6 Å². The predicted octanol–water partition coefficient (Wildman–Crippen LogP) is 1.52. The topological polar surface area (TPSA) is 44.4 Å². The summed E-state index contributed by atoms with van der Waals surface area (Å²) >= 11 is 0. The molecule has 7 heteroatoms. The SMILES string of the molecule is CC(C(=O)NCC(F)(F)F)N(CC1CCCNC1)C1CC1. The zero-order valence-electron chi connectivity index (χ0n) is 12.4. The molecule has 1 aliphatic heterocycles. The molecule has 2 aliphatic rings. The number of hydrogen-bond donors (Lipinski definition) is 2. The molecule has 4 nitrogen and oxygen atoms in total. The Bertz CT molecular complexity index is 352. The summed E-state index contributed by atoms with van der Waals surface area (Å²) in [5.41, 5.74) is 0. The number of carbonyl (C=O) groups excluding carboxylic acids is 1. The second-order valence-corrected chi connectivity index (χ2v) is 6.15. The van der Waals surface area contributed by atoms with Crippen LogP contribution in [0.2, 0.25) is 0 Å². The molecule has 1 saturated carbocycles. The number of rotatable bonds is 6. The van der Waals surface area contributed by atoms with Crippen LogP contribution in [0.4, 0.5) is 13.2 Å². The number of nitrogens with one attached hydrogen (secondary N) is 2. The van der Waals surface area contributed by atoms with Gasteiger partial charge in [0.2, 0.25) is 5.91 Å². The van der Waals surface area contributed by atoms with Gasteiger partial charge in [0, 0.05) is 12.6 Å². The summed E-state index contributed by atoms with van der Waals surface area (Å²) in [5.74, 6) is -0.0415. The average molecular weight is 307 g/mol. The Labute approximate surface area is 123 Å². The van der Waals surface area contributed by atoms with Gasteiger partial charge in [-0.25, -0.2) is 0 Å². The molecule has 0 aromatic rings. The molecule has 1 aliphatic carbocycles. The fourth-order valence-corrected chi connectivity index (χ4v) is 2.89. The van der Waals surface area contributed by atoms with Gasteiger partial charge in [0.05, 0.1) is 6.04 Å². The third-order valence-electron chi connectivity index (χ3n) is 4.22. The van der Waals surface area contributed by atoms with Crippen molar-refractivity contribution >= 4 is 5.91 Å². The van der Waals surface area contributed by atoms with Crippen LogP contribution in [0.15, 0.2) is 0 Å². The second kappa shape index (κ2) is 6.96. The minimum Gasteiger partial charge on any atom is -0.346 e. The number of amides is 1. The second-order valence-electron chi connectivity index (χ2n) is 6.15. The summed E-state index contributed by atoms with van der Waals surface area (Å²) in [5, 5.41) is 5.34. The molecule has 0 spiro atoms. The first-order chi connectivity index (χ1) is 9.87. The third kappa shape index (κ3) is 5.47. The Balaban J connectivity index is 1.86. The molecule has 0 radical (unpaired) electrons. The van der Waals surface area contributed by atoms with Gasteiger partial charge in [-0.15, -0.1) is 0 Å². The Morgan fingerprint density at radius 2 is 2.10 bits per heavy atom. The molecule has 2 N–H and O–H groups in total. The van der Waals surface area contributed by atoms with Gasteiger partial charge >= 0.3 is 6.18 Å². The van der Waals surface area contributed by atoms with E-state index < -0.39 is 24.7 Å². The maximum absolute atomic E-state index is 12.2. The van der Waals surface area contributed by atoms with E-state index in [9.17, 15) is 18.0 Å². The zero-order chi connectivity index (χ0) is 15.5. The first kappa shape index (κ1) is 16.5.